The average Bonchev–Trinajstić information content (AvgIpc) is 2.69. The molecular formula is C19H27IN4O3. The van der Waals surface area contributed by atoms with Crippen LogP contribution in [0, 0.1) is 0 Å². The monoisotopic (exact) mass is 486 g/mol. The van der Waals surface area contributed by atoms with Crippen LogP contribution in [-0.4, -0.2) is 45.4 Å². The lowest BCUT2D eigenvalue weighted by molar-refractivity contribution is 0.172. The van der Waals surface area contributed by atoms with Crippen LogP contribution in [0.4, 0.5) is 5.69 Å². The summed E-state index contributed by atoms with van der Waals surface area (Å²) in [6.45, 7) is 1.84. The van der Waals surface area contributed by atoms with Gasteiger partial charge in [0.05, 0.1) is 26.0 Å². The first-order valence-corrected chi connectivity index (χ1v) is 8.44. The van der Waals surface area contributed by atoms with Crippen molar-refractivity contribution in [1.82, 2.24) is 10.3 Å². The van der Waals surface area contributed by atoms with Crippen LogP contribution in [0.1, 0.15) is 12.1 Å². The van der Waals surface area contributed by atoms with Gasteiger partial charge in [-0.25, -0.2) is 4.98 Å². The van der Waals surface area contributed by atoms with Crippen molar-refractivity contribution in [3.05, 3.63) is 48.2 Å². The van der Waals surface area contributed by atoms with Gasteiger partial charge >= 0.3 is 0 Å². The fourth-order valence-corrected chi connectivity index (χ4v) is 2.22. The van der Waals surface area contributed by atoms with E-state index in [1.54, 1.807) is 21.3 Å². The second-order valence-corrected chi connectivity index (χ2v) is 5.44. The molecule has 0 bridgehead atoms. The van der Waals surface area contributed by atoms with Crippen molar-refractivity contribution < 1.29 is 14.2 Å². The van der Waals surface area contributed by atoms with Gasteiger partial charge in [0.25, 0.3) is 0 Å². The molecular weight excluding hydrogens is 459 g/mol. The van der Waals surface area contributed by atoms with Crippen LogP contribution in [0.3, 0.4) is 0 Å². The highest BCUT2D eigenvalue weighted by molar-refractivity contribution is 14.0. The molecule has 0 aliphatic carbocycles. The third-order valence-corrected chi connectivity index (χ3v) is 3.51. The minimum absolute atomic E-state index is 0. The smallest absolute Gasteiger partial charge is 0.213 e. The summed E-state index contributed by atoms with van der Waals surface area (Å²) >= 11 is 0. The van der Waals surface area contributed by atoms with E-state index in [0.717, 1.165) is 23.6 Å². The molecule has 0 radical (unpaired) electrons. The van der Waals surface area contributed by atoms with E-state index in [-0.39, 0.29) is 24.0 Å². The van der Waals surface area contributed by atoms with Gasteiger partial charge < -0.3 is 24.8 Å². The molecule has 0 fully saturated rings. The predicted molar refractivity (Wildman–Crippen MR) is 118 cm³/mol. The molecule has 2 aromatic rings. The maximum absolute atomic E-state index is 5.71. The van der Waals surface area contributed by atoms with Crippen molar-refractivity contribution in [1.29, 1.82) is 0 Å². The van der Waals surface area contributed by atoms with Gasteiger partial charge in [-0.3, -0.25) is 4.99 Å². The molecule has 7 nitrogen and oxygen atoms in total. The maximum Gasteiger partial charge on any atom is 0.213 e. The minimum Gasteiger partial charge on any atom is -0.493 e. The third-order valence-electron chi connectivity index (χ3n) is 3.51. The Balaban J connectivity index is 0.00000364. The number of nitrogens with zero attached hydrogens (tertiary/aromatic N) is 2. The molecule has 0 amide bonds. The number of aromatic nitrogens is 1. The number of aliphatic imine (C=N–C) groups is 1. The number of anilines is 1. The zero-order chi connectivity index (χ0) is 18.6. The number of pyridine rings is 1. The van der Waals surface area contributed by atoms with Crippen LogP contribution < -0.4 is 20.1 Å². The number of hydrogen-bond donors (Lipinski definition) is 2. The zero-order valence-corrected chi connectivity index (χ0v) is 18.2. The van der Waals surface area contributed by atoms with Gasteiger partial charge in [-0.1, -0.05) is 12.1 Å². The molecule has 2 rings (SSSR count). The summed E-state index contributed by atoms with van der Waals surface area (Å²) in [5.74, 6) is 2.03. The summed E-state index contributed by atoms with van der Waals surface area (Å²) in [4.78, 5) is 8.60. The Morgan fingerprint density at radius 3 is 2.67 bits per heavy atom. The van der Waals surface area contributed by atoms with Gasteiger partial charge in [0.15, 0.2) is 5.96 Å². The Bertz CT molecular complexity index is 713. The van der Waals surface area contributed by atoms with E-state index >= 15 is 0 Å². The molecule has 0 aliphatic heterocycles. The lowest BCUT2D eigenvalue weighted by atomic mass is 10.3. The molecule has 1 heterocycles. The number of methoxy groups -OCH3 is 2. The third kappa shape index (κ3) is 8.44. The van der Waals surface area contributed by atoms with E-state index in [4.69, 9.17) is 14.2 Å². The Morgan fingerprint density at radius 2 is 1.93 bits per heavy atom. The highest BCUT2D eigenvalue weighted by Gasteiger charge is 2.03. The first-order valence-electron chi connectivity index (χ1n) is 8.44. The van der Waals surface area contributed by atoms with Crippen molar-refractivity contribution in [3.63, 3.8) is 0 Å². The Morgan fingerprint density at radius 1 is 1.11 bits per heavy atom. The van der Waals surface area contributed by atoms with Crippen molar-refractivity contribution in [2.75, 3.05) is 39.8 Å². The SMILES string of the molecule is CN=C(NCc1cccc(OC)n1)Nc1cccc(OCCCOC)c1.I. The molecule has 27 heavy (non-hydrogen) atoms. The number of hydrogen-bond acceptors (Lipinski definition) is 5. The largest absolute Gasteiger partial charge is 0.493 e. The van der Waals surface area contributed by atoms with Crippen molar-refractivity contribution in [3.8, 4) is 11.6 Å². The molecule has 148 valence electrons. The van der Waals surface area contributed by atoms with Gasteiger partial charge in [-0.2, -0.15) is 0 Å². The Labute approximate surface area is 177 Å². The zero-order valence-electron chi connectivity index (χ0n) is 15.9. The topological polar surface area (TPSA) is 77.0 Å². The summed E-state index contributed by atoms with van der Waals surface area (Å²) in [5.41, 5.74) is 1.75. The Kier molecular flexibility index (Phi) is 11.2. The molecule has 0 unspecified atom stereocenters. The first kappa shape index (κ1) is 23.0. The fraction of sp³-hybridized carbons (Fsp3) is 0.368. The molecule has 1 aromatic heterocycles. The van der Waals surface area contributed by atoms with Crippen molar-refractivity contribution >= 4 is 35.6 Å². The van der Waals surface area contributed by atoms with Crippen LogP contribution >= 0.6 is 24.0 Å². The van der Waals surface area contributed by atoms with E-state index < -0.39 is 0 Å². The normalized spacial score (nSPS) is 10.7. The van der Waals surface area contributed by atoms with Crippen molar-refractivity contribution in [2.24, 2.45) is 4.99 Å². The lowest BCUT2D eigenvalue weighted by Crippen LogP contribution is -2.30. The second kappa shape index (κ2) is 13.2. The highest BCUT2D eigenvalue weighted by atomic mass is 127. The Hall–Kier alpha value is -2.07. The molecule has 0 saturated carbocycles. The van der Waals surface area contributed by atoms with Crippen LogP contribution in [0.25, 0.3) is 0 Å². The molecule has 0 aliphatic rings. The summed E-state index contributed by atoms with van der Waals surface area (Å²) in [7, 11) is 5.01. The lowest BCUT2D eigenvalue weighted by Gasteiger charge is -2.13. The maximum atomic E-state index is 5.71. The van der Waals surface area contributed by atoms with Crippen molar-refractivity contribution in [2.45, 2.75) is 13.0 Å². The van der Waals surface area contributed by atoms with E-state index in [2.05, 4.69) is 20.6 Å². The summed E-state index contributed by atoms with van der Waals surface area (Å²) in [6, 6.07) is 13.4. The van der Waals surface area contributed by atoms with Crippen LogP contribution in [0.5, 0.6) is 11.6 Å². The van der Waals surface area contributed by atoms with Crippen LogP contribution in [0.2, 0.25) is 0 Å². The molecule has 0 atom stereocenters. The minimum atomic E-state index is 0. The number of ether oxygens (including phenoxy) is 3. The number of rotatable bonds is 9. The van der Waals surface area contributed by atoms with Crippen LogP contribution in [-0.2, 0) is 11.3 Å². The van der Waals surface area contributed by atoms with E-state index in [0.29, 0.717) is 31.6 Å². The molecule has 1 aromatic carbocycles. The van der Waals surface area contributed by atoms with Gasteiger partial charge in [0.1, 0.15) is 5.75 Å². The molecule has 8 heteroatoms. The molecule has 2 N–H and O–H groups in total. The number of guanidine groups is 1. The van der Waals surface area contributed by atoms with E-state index in [9.17, 15) is 0 Å². The standard InChI is InChI=1S/C19H26N4O3.HI/c1-20-19(21-14-16-8-5-10-18(22-16)25-3)23-15-7-4-9-17(13-15)26-12-6-11-24-2;/h4-5,7-10,13H,6,11-12,14H2,1-3H3,(H2,20,21,23);1H. The van der Waals surface area contributed by atoms with E-state index in [1.807, 2.05) is 42.5 Å². The van der Waals surface area contributed by atoms with Gasteiger partial charge in [-0.05, 0) is 18.2 Å². The average molecular weight is 486 g/mol. The summed E-state index contributed by atoms with van der Waals surface area (Å²) < 4.78 is 15.9. The number of benzene rings is 1. The predicted octanol–water partition coefficient (Wildman–Crippen LogP) is 3.31. The van der Waals surface area contributed by atoms with Gasteiger partial charge in [0, 0.05) is 45.0 Å². The van der Waals surface area contributed by atoms with E-state index in [1.165, 1.54) is 0 Å². The number of nitrogens with one attached hydrogen (secondary N) is 2. The summed E-state index contributed by atoms with van der Waals surface area (Å²) in [6.07, 6.45) is 0.852. The first-order chi connectivity index (χ1) is 12.7. The second-order valence-electron chi connectivity index (χ2n) is 5.44. The van der Waals surface area contributed by atoms with Crippen LogP contribution in [0.15, 0.2) is 47.5 Å². The molecule has 0 saturated heterocycles. The fourth-order valence-electron chi connectivity index (χ4n) is 2.22. The van der Waals surface area contributed by atoms with Gasteiger partial charge in [-0.15, -0.1) is 24.0 Å². The molecule has 0 spiro atoms. The number of halogens is 1. The van der Waals surface area contributed by atoms with Gasteiger partial charge in [0.2, 0.25) is 5.88 Å². The quantitative estimate of drug-likeness (QED) is 0.245. The highest BCUT2D eigenvalue weighted by Crippen LogP contribution is 2.17. The summed E-state index contributed by atoms with van der Waals surface area (Å²) in [5, 5.41) is 6.47.